The van der Waals surface area contributed by atoms with E-state index in [9.17, 15) is 13.2 Å². The van der Waals surface area contributed by atoms with Gasteiger partial charge in [0.2, 0.25) is 15.9 Å². The molecule has 0 bridgehead atoms. The summed E-state index contributed by atoms with van der Waals surface area (Å²) >= 11 is 13.3. The number of para-hydroxylation sites is 2. The SMILES string of the molecule is CCOc1ccccc1NC(=O)[C@H](CCSC)NS(=O)(=O)c1ccc(Cl)c(Cl)c1. The molecule has 0 heterocycles. The molecule has 2 aromatic rings. The van der Waals surface area contributed by atoms with Gasteiger partial charge in [-0.15, -0.1) is 0 Å². The van der Waals surface area contributed by atoms with Crippen LogP contribution >= 0.6 is 35.0 Å². The Morgan fingerprint density at radius 2 is 1.90 bits per heavy atom. The maximum absolute atomic E-state index is 12.9. The van der Waals surface area contributed by atoms with Crippen molar-refractivity contribution >= 4 is 56.6 Å². The molecule has 2 N–H and O–H groups in total. The van der Waals surface area contributed by atoms with Gasteiger partial charge in [-0.1, -0.05) is 35.3 Å². The lowest BCUT2D eigenvalue weighted by Gasteiger charge is -2.19. The Bertz CT molecular complexity index is 955. The molecule has 0 saturated heterocycles. The lowest BCUT2D eigenvalue weighted by molar-refractivity contribution is -0.117. The van der Waals surface area contributed by atoms with Crippen LogP contribution in [-0.2, 0) is 14.8 Å². The van der Waals surface area contributed by atoms with Gasteiger partial charge in [0.15, 0.2) is 0 Å². The molecule has 158 valence electrons. The van der Waals surface area contributed by atoms with Crippen molar-refractivity contribution in [1.82, 2.24) is 4.72 Å². The van der Waals surface area contributed by atoms with E-state index in [1.807, 2.05) is 13.2 Å². The zero-order chi connectivity index (χ0) is 21.4. The number of sulfonamides is 1. The Balaban J connectivity index is 2.24. The number of thioether (sulfide) groups is 1. The monoisotopic (exact) mass is 476 g/mol. The molecule has 6 nitrogen and oxygen atoms in total. The molecule has 2 rings (SSSR count). The predicted octanol–water partition coefficient (Wildman–Crippen LogP) is 4.43. The van der Waals surface area contributed by atoms with Gasteiger partial charge in [0.05, 0.1) is 27.2 Å². The smallest absolute Gasteiger partial charge is 0.242 e. The van der Waals surface area contributed by atoms with Gasteiger partial charge >= 0.3 is 0 Å². The van der Waals surface area contributed by atoms with Gasteiger partial charge < -0.3 is 10.1 Å². The van der Waals surface area contributed by atoms with Crippen LogP contribution < -0.4 is 14.8 Å². The summed E-state index contributed by atoms with van der Waals surface area (Å²) in [5, 5.41) is 3.11. The third-order valence-corrected chi connectivity index (χ3v) is 6.72. The lowest BCUT2D eigenvalue weighted by Crippen LogP contribution is -2.44. The first-order chi connectivity index (χ1) is 13.8. The summed E-state index contributed by atoms with van der Waals surface area (Å²) in [5.74, 6) is 0.629. The fraction of sp³-hybridized carbons (Fsp3) is 0.316. The molecular formula is C19H22Cl2N2O4S2. The standard InChI is InChI=1S/C19H22Cl2N2O4S2/c1-3-27-18-7-5-4-6-16(18)22-19(24)17(10-11-28-2)23-29(25,26)13-8-9-14(20)15(21)12-13/h4-9,12,17,23H,3,10-11H2,1-2H3,(H,22,24)/t17-/m0/s1. The van der Waals surface area contributed by atoms with Gasteiger partial charge in [-0.25, -0.2) is 8.42 Å². The zero-order valence-electron chi connectivity index (χ0n) is 15.9. The first-order valence-electron chi connectivity index (χ1n) is 8.77. The highest BCUT2D eigenvalue weighted by Gasteiger charge is 2.26. The molecular weight excluding hydrogens is 455 g/mol. The summed E-state index contributed by atoms with van der Waals surface area (Å²) < 4.78 is 33.5. The molecule has 0 saturated carbocycles. The van der Waals surface area contributed by atoms with Crippen molar-refractivity contribution in [2.75, 3.05) is 23.9 Å². The highest BCUT2D eigenvalue weighted by Crippen LogP contribution is 2.26. The topological polar surface area (TPSA) is 84.5 Å². The summed E-state index contributed by atoms with van der Waals surface area (Å²) in [7, 11) is -3.98. The fourth-order valence-electron chi connectivity index (χ4n) is 2.45. The van der Waals surface area contributed by atoms with Crippen molar-refractivity contribution in [3.8, 4) is 5.75 Å². The summed E-state index contributed by atoms with van der Waals surface area (Å²) in [6.45, 7) is 2.28. The number of anilines is 1. The molecule has 0 fully saturated rings. The number of ether oxygens (including phenoxy) is 1. The molecule has 0 unspecified atom stereocenters. The van der Waals surface area contributed by atoms with Crippen LogP contribution in [-0.4, -0.2) is 39.0 Å². The summed E-state index contributed by atoms with van der Waals surface area (Å²) in [6, 6.07) is 9.99. The third-order valence-electron chi connectivity index (χ3n) is 3.87. The van der Waals surface area contributed by atoms with Crippen LogP contribution in [0.25, 0.3) is 0 Å². The number of hydrogen-bond acceptors (Lipinski definition) is 5. The Labute approximate surface area is 185 Å². The van der Waals surface area contributed by atoms with Gasteiger partial charge in [-0.2, -0.15) is 16.5 Å². The van der Waals surface area contributed by atoms with E-state index in [1.165, 1.54) is 30.0 Å². The minimum absolute atomic E-state index is 0.0661. The number of amides is 1. The molecule has 0 aliphatic carbocycles. The van der Waals surface area contributed by atoms with Crippen molar-refractivity contribution in [1.29, 1.82) is 0 Å². The van der Waals surface area contributed by atoms with E-state index >= 15 is 0 Å². The molecule has 0 radical (unpaired) electrons. The van der Waals surface area contributed by atoms with Gasteiger partial charge in [-0.05, 0) is 55.7 Å². The highest BCUT2D eigenvalue weighted by molar-refractivity contribution is 7.98. The second kappa shape index (κ2) is 11.1. The van der Waals surface area contributed by atoms with Crippen molar-refractivity contribution < 1.29 is 17.9 Å². The lowest BCUT2D eigenvalue weighted by atomic mass is 10.2. The summed E-state index contributed by atoms with van der Waals surface area (Å²) in [6.07, 6.45) is 2.19. The number of rotatable bonds is 10. The fourth-order valence-corrected chi connectivity index (χ4v) is 4.54. The highest BCUT2D eigenvalue weighted by atomic mass is 35.5. The van der Waals surface area contributed by atoms with Crippen LogP contribution in [0.2, 0.25) is 10.0 Å². The largest absolute Gasteiger partial charge is 0.492 e. The molecule has 0 spiro atoms. The van der Waals surface area contributed by atoms with Crippen LogP contribution in [0.3, 0.4) is 0 Å². The van der Waals surface area contributed by atoms with E-state index in [4.69, 9.17) is 27.9 Å². The van der Waals surface area contributed by atoms with Crippen LogP contribution in [0.4, 0.5) is 5.69 Å². The molecule has 0 aromatic heterocycles. The van der Waals surface area contributed by atoms with Crippen LogP contribution in [0.15, 0.2) is 47.4 Å². The Kier molecular flexibility index (Phi) is 9.10. The molecule has 0 aliphatic heterocycles. The summed E-state index contributed by atoms with van der Waals surface area (Å²) in [4.78, 5) is 12.8. The van der Waals surface area contributed by atoms with Crippen LogP contribution in [0, 0.1) is 0 Å². The van der Waals surface area contributed by atoms with E-state index in [0.29, 0.717) is 30.2 Å². The Hall–Kier alpha value is -1.45. The Morgan fingerprint density at radius 1 is 1.17 bits per heavy atom. The van der Waals surface area contributed by atoms with E-state index < -0.39 is 22.0 Å². The van der Waals surface area contributed by atoms with Crippen molar-refractivity contribution in [2.45, 2.75) is 24.3 Å². The number of nitrogens with one attached hydrogen (secondary N) is 2. The van der Waals surface area contributed by atoms with Crippen LogP contribution in [0.1, 0.15) is 13.3 Å². The maximum Gasteiger partial charge on any atom is 0.242 e. The molecule has 10 heteroatoms. The molecule has 1 atom stereocenters. The third kappa shape index (κ3) is 6.79. The average molecular weight is 477 g/mol. The van der Waals surface area contributed by atoms with Crippen molar-refractivity contribution in [2.24, 2.45) is 0 Å². The predicted molar refractivity (Wildman–Crippen MR) is 120 cm³/mol. The minimum atomic E-state index is -3.98. The van der Waals surface area contributed by atoms with Gasteiger partial charge in [0.1, 0.15) is 11.8 Å². The number of benzene rings is 2. The Morgan fingerprint density at radius 3 is 2.55 bits per heavy atom. The second-order valence-corrected chi connectivity index (χ2v) is 9.46. The quantitative estimate of drug-likeness (QED) is 0.529. The minimum Gasteiger partial charge on any atom is -0.492 e. The molecule has 0 aliphatic rings. The first-order valence-corrected chi connectivity index (χ1v) is 12.4. The number of carbonyl (C=O) groups excluding carboxylic acids is 1. The van der Waals surface area contributed by atoms with Gasteiger partial charge in [0.25, 0.3) is 0 Å². The number of hydrogen-bond donors (Lipinski definition) is 2. The number of carbonyl (C=O) groups is 1. The van der Waals surface area contributed by atoms with Gasteiger partial charge in [-0.3, -0.25) is 4.79 Å². The van der Waals surface area contributed by atoms with E-state index in [1.54, 1.807) is 24.3 Å². The summed E-state index contributed by atoms with van der Waals surface area (Å²) in [5.41, 5.74) is 0.474. The van der Waals surface area contributed by atoms with Crippen molar-refractivity contribution in [3.63, 3.8) is 0 Å². The second-order valence-electron chi connectivity index (χ2n) is 5.95. The normalized spacial score (nSPS) is 12.4. The molecule has 29 heavy (non-hydrogen) atoms. The van der Waals surface area contributed by atoms with Crippen LogP contribution in [0.5, 0.6) is 5.75 Å². The average Bonchev–Trinajstić information content (AvgIpc) is 2.68. The van der Waals surface area contributed by atoms with E-state index in [-0.39, 0.29) is 14.9 Å². The van der Waals surface area contributed by atoms with Gasteiger partial charge in [0, 0.05) is 0 Å². The number of halogens is 2. The molecule has 1 amide bonds. The van der Waals surface area contributed by atoms with E-state index in [0.717, 1.165) is 0 Å². The van der Waals surface area contributed by atoms with E-state index in [2.05, 4.69) is 10.0 Å². The first kappa shape index (κ1) is 23.8. The van der Waals surface area contributed by atoms with Crippen molar-refractivity contribution in [3.05, 3.63) is 52.5 Å². The molecule has 2 aromatic carbocycles. The maximum atomic E-state index is 12.9. The zero-order valence-corrected chi connectivity index (χ0v) is 19.1.